The smallest absolute Gasteiger partial charge is 0.264 e. The van der Waals surface area contributed by atoms with E-state index in [1.54, 1.807) is 6.33 Å². The quantitative estimate of drug-likeness (QED) is 0.865. The van der Waals surface area contributed by atoms with Crippen LogP contribution in [-0.4, -0.2) is 38.1 Å². The summed E-state index contributed by atoms with van der Waals surface area (Å²) in [6, 6.07) is 6.13. The number of hydrogen-bond donors (Lipinski definition) is 1. The van der Waals surface area contributed by atoms with Crippen LogP contribution in [-0.2, 0) is 9.59 Å². The number of nitrogens with zero attached hydrogens (tertiary/aromatic N) is 4. The minimum Gasteiger partial charge on any atom is -0.273 e. The lowest BCUT2D eigenvalue weighted by atomic mass is 10.1. The van der Waals surface area contributed by atoms with E-state index >= 15 is 0 Å². The second kappa shape index (κ2) is 7.29. The Balaban J connectivity index is 1.65. The summed E-state index contributed by atoms with van der Waals surface area (Å²) in [6.45, 7) is 4.61. The van der Waals surface area contributed by atoms with Crippen molar-refractivity contribution in [1.82, 2.24) is 25.2 Å². The van der Waals surface area contributed by atoms with E-state index < -0.39 is 0 Å². The van der Waals surface area contributed by atoms with Crippen molar-refractivity contribution in [2.24, 2.45) is 0 Å². The molecule has 1 aromatic heterocycles. The summed E-state index contributed by atoms with van der Waals surface area (Å²) in [5.74, 6) is 0.188. The van der Waals surface area contributed by atoms with Crippen LogP contribution < -0.4 is 5.43 Å². The highest BCUT2D eigenvalue weighted by Gasteiger charge is 2.18. The zero-order valence-corrected chi connectivity index (χ0v) is 14.4. The van der Waals surface area contributed by atoms with Gasteiger partial charge in [-0.3, -0.25) is 20.0 Å². The standard InChI is InChI=1S/C18H21N5O2/c1-13-9-14(2)11-15(10-13)18-19-12-22(21-18)8-6-16(24)20-23-7-4-3-5-17(23)25/h6,8-12H,3-5,7H2,1-2H3,(H,20,24)/b8-6-. The van der Waals surface area contributed by atoms with Crippen molar-refractivity contribution in [3.05, 3.63) is 41.7 Å². The molecule has 1 saturated heterocycles. The fraction of sp³-hybridized carbons (Fsp3) is 0.333. The van der Waals surface area contributed by atoms with Crippen LogP contribution in [0.15, 0.2) is 30.6 Å². The van der Waals surface area contributed by atoms with E-state index in [1.165, 1.54) is 22.0 Å². The van der Waals surface area contributed by atoms with E-state index in [1.807, 2.05) is 26.0 Å². The maximum absolute atomic E-state index is 11.9. The van der Waals surface area contributed by atoms with Crippen molar-refractivity contribution in [2.75, 3.05) is 6.54 Å². The molecule has 0 unspecified atom stereocenters. The van der Waals surface area contributed by atoms with Crippen molar-refractivity contribution in [1.29, 1.82) is 0 Å². The number of piperidine rings is 1. The highest BCUT2D eigenvalue weighted by atomic mass is 16.2. The summed E-state index contributed by atoms with van der Waals surface area (Å²) < 4.78 is 1.48. The average molecular weight is 339 g/mol. The molecule has 0 bridgehead atoms. The molecule has 2 amide bonds. The van der Waals surface area contributed by atoms with E-state index in [0.717, 1.165) is 29.5 Å². The fourth-order valence-electron chi connectivity index (χ4n) is 2.82. The molecule has 0 spiro atoms. The summed E-state index contributed by atoms with van der Waals surface area (Å²) in [5.41, 5.74) is 5.82. The SMILES string of the molecule is Cc1cc(C)cc(-c2ncn(/C=C\C(=O)NN3CCCCC3=O)n2)c1. The number of carbonyl (C=O) groups excluding carboxylic acids is 2. The third-order valence-electron chi connectivity index (χ3n) is 3.94. The second-order valence-electron chi connectivity index (χ2n) is 6.22. The highest BCUT2D eigenvalue weighted by Crippen LogP contribution is 2.18. The van der Waals surface area contributed by atoms with Crippen molar-refractivity contribution in [3.63, 3.8) is 0 Å². The molecule has 2 aromatic rings. The second-order valence-corrected chi connectivity index (χ2v) is 6.22. The van der Waals surface area contributed by atoms with Crippen molar-refractivity contribution in [2.45, 2.75) is 33.1 Å². The van der Waals surface area contributed by atoms with E-state index in [4.69, 9.17) is 0 Å². The summed E-state index contributed by atoms with van der Waals surface area (Å²) >= 11 is 0. The Morgan fingerprint density at radius 2 is 1.96 bits per heavy atom. The lowest BCUT2D eigenvalue weighted by molar-refractivity contribution is -0.141. The Labute approximate surface area is 146 Å². The molecule has 0 aliphatic carbocycles. The Hall–Kier alpha value is -2.96. The van der Waals surface area contributed by atoms with Gasteiger partial charge in [0.2, 0.25) is 5.91 Å². The Bertz CT molecular complexity index is 804. The number of hydrazine groups is 1. The zero-order valence-electron chi connectivity index (χ0n) is 14.4. The molecule has 1 aromatic carbocycles. The summed E-state index contributed by atoms with van der Waals surface area (Å²) in [5, 5.41) is 5.73. The molecule has 7 nitrogen and oxygen atoms in total. The van der Waals surface area contributed by atoms with Crippen LogP contribution in [0.2, 0.25) is 0 Å². The Morgan fingerprint density at radius 3 is 2.68 bits per heavy atom. The molecule has 7 heteroatoms. The first-order valence-corrected chi connectivity index (χ1v) is 8.30. The molecule has 3 rings (SSSR count). The minimum atomic E-state index is -0.362. The van der Waals surface area contributed by atoms with Gasteiger partial charge in [-0.15, -0.1) is 5.10 Å². The molecule has 130 valence electrons. The van der Waals surface area contributed by atoms with Gasteiger partial charge in [-0.2, -0.15) is 0 Å². The number of nitrogens with one attached hydrogen (secondary N) is 1. The predicted octanol–water partition coefficient (Wildman–Crippen LogP) is 2.08. The summed E-state index contributed by atoms with van der Waals surface area (Å²) in [4.78, 5) is 27.9. The van der Waals surface area contributed by atoms with Gasteiger partial charge in [0.15, 0.2) is 5.82 Å². The third-order valence-corrected chi connectivity index (χ3v) is 3.94. The summed E-state index contributed by atoms with van der Waals surface area (Å²) in [6.07, 6.45) is 6.65. The van der Waals surface area contributed by atoms with E-state index in [2.05, 4.69) is 21.6 Å². The van der Waals surface area contributed by atoms with Crippen LogP contribution in [0.4, 0.5) is 0 Å². The largest absolute Gasteiger partial charge is 0.273 e. The fourth-order valence-corrected chi connectivity index (χ4v) is 2.82. The topological polar surface area (TPSA) is 80.1 Å². The van der Waals surface area contributed by atoms with Crippen molar-refractivity contribution >= 4 is 18.0 Å². The first kappa shape index (κ1) is 16.9. The molecule has 1 aliphatic heterocycles. The maximum Gasteiger partial charge on any atom is 0.264 e. The number of aromatic nitrogens is 3. The number of benzene rings is 1. The van der Waals surface area contributed by atoms with E-state index in [9.17, 15) is 9.59 Å². The van der Waals surface area contributed by atoms with Gasteiger partial charge >= 0.3 is 0 Å². The first-order valence-electron chi connectivity index (χ1n) is 8.30. The molecule has 2 heterocycles. The molecule has 0 atom stereocenters. The van der Waals surface area contributed by atoms with E-state index in [-0.39, 0.29) is 11.8 Å². The molecule has 1 aliphatic rings. The first-order chi connectivity index (χ1) is 12.0. The van der Waals surface area contributed by atoms with E-state index in [0.29, 0.717) is 18.8 Å². The lowest BCUT2D eigenvalue weighted by Gasteiger charge is -2.26. The normalized spacial score (nSPS) is 15.0. The third kappa shape index (κ3) is 4.32. The monoisotopic (exact) mass is 339 g/mol. The Kier molecular flexibility index (Phi) is 4.92. The number of rotatable bonds is 4. The van der Waals surface area contributed by atoms with Crippen LogP contribution in [0.3, 0.4) is 0 Å². The van der Waals surface area contributed by atoms with Crippen LogP contribution in [0.1, 0.15) is 30.4 Å². The van der Waals surface area contributed by atoms with Crippen LogP contribution in [0.25, 0.3) is 17.6 Å². The minimum absolute atomic E-state index is 0.0501. The highest BCUT2D eigenvalue weighted by molar-refractivity contribution is 5.91. The van der Waals surface area contributed by atoms with Gasteiger partial charge in [0.1, 0.15) is 6.33 Å². The zero-order chi connectivity index (χ0) is 17.8. The van der Waals surface area contributed by atoms with Gasteiger partial charge in [0.05, 0.1) is 0 Å². The molecular weight excluding hydrogens is 318 g/mol. The molecule has 25 heavy (non-hydrogen) atoms. The number of amides is 2. The van der Waals surface area contributed by atoms with Gasteiger partial charge < -0.3 is 0 Å². The number of hydrogen-bond acceptors (Lipinski definition) is 4. The lowest BCUT2D eigenvalue weighted by Crippen LogP contribution is -2.47. The van der Waals surface area contributed by atoms with Gasteiger partial charge in [-0.05, 0) is 38.8 Å². The van der Waals surface area contributed by atoms with Gasteiger partial charge in [0, 0.05) is 30.8 Å². The van der Waals surface area contributed by atoms with Gasteiger partial charge in [-0.1, -0.05) is 17.2 Å². The maximum atomic E-state index is 11.9. The predicted molar refractivity (Wildman–Crippen MR) is 94.0 cm³/mol. The molecule has 1 fully saturated rings. The number of aryl methyl sites for hydroxylation is 2. The summed E-state index contributed by atoms with van der Waals surface area (Å²) in [7, 11) is 0. The van der Waals surface area contributed by atoms with Crippen LogP contribution >= 0.6 is 0 Å². The molecule has 0 saturated carbocycles. The van der Waals surface area contributed by atoms with Crippen LogP contribution in [0, 0.1) is 13.8 Å². The molecule has 1 N–H and O–H groups in total. The number of carbonyl (C=O) groups is 2. The van der Waals surface area contributed by atoms with Crippen LogP contribution in [0.5, 0.6) is 0 Å². The average Bonchev–Trinajstić information content (AvgIpc) is 3.03. The Morgan fingerprint density at radius 1 is 1.20 bits per heavy atom. The van der Waals surface area contributed by atoms with Crippen molar-refractivity contribution < 1.29 is 9.59 Å². The molecule has 0 radical (unpaired) electrons. The van der Waals surface area contributed by atoms with Gasteiger partial charge in [-0.25, -0.2) is 9.67 Å². The molecular formula is C18H21N5O2. The van der Waals surface area contributed by atoms with Gasteiger partial charge in [0.25, 0.3) is 5.91 Å². The van der Waals surface area contributed by atoms with Crippen molar-refractivity contribution in [3.8, 4) is 11.4 Å².